The van der Waals surface area contributed by atoms with Crippen molar-refractivity contribution in [1.82, 2.24) is 0 Å². The van der Waals surface area contributed by atoms with E-state index in [9.17, 15) is 30.3 Å². The fourth-order valence-electron chi connectivity index (χ4n) is 3.59. The molecule has 2 aromatic carbocycles. The number of aromatic hydroxyl groups is 1. The fourth-order valence-corrected chi connectivity index (χ4v) is 3.59. The van der Waals surface area contributed by atoms with E-state index in [0.717, 1.165) is 6.07 Å². The fraction of sp³-hybridized carbons (Fsp3) is 0.318. The number of hydrogen-bond acceptors (Lipinski definition) is 10. The molecule has 3 aromatic rings. The summed E-state index contributed by atoms with van der Waals surface area (Å²) in [6, 6.07) is 11.2. The van der Waals surface area contributed by atoms with Crippen LogP contribution in [0.3, 0.4) is 0 Å². The Morgan fingerprint density at radius 1 is 1.03 bits per heavy atom. The molecule has 0 saturated carbocycles. The minimum absolute atomic E-state index is 0.0651. The molecule has 1 aliphatic rings. The third kappa shape index (κ3) is 3.78. The zero-order chi connectivity index (χ0) is 23.0. The molecule has 1 aromatic heterocycles. The largest absolute Gasteiger partial charge is 0.507 e. The van der Waals surface area contributed by atoms with Crippen LogP contribution in [-0.4, -0.2) is 70.0 Å². The van der Waals surface area contributed by atoms with Crippen molar-refractivity contribution in [2.45, 2.75) is 30.7 Å². The molecular formula is C22H22O10. The molecule has 0 unspecified atom stereocenters. The van der Waals surface area contributed by atoms with Gasteiger partial charge in [0.1, 0.15) is 41.3 Å². The summed E-state index contributed by atoms with van der Waals surface area (Å²) in [6.45, 7) is -0.639. The summed E-state index contributed by atoms with van der Waals surface area (Å²) in [5.41, 5.74) is 0.00651. The summed E-state index contributed by atoms with van der Waals surface area (Å²) in [4.78, 5) is 12.7. The molecule has 2 heterocycles. The van der Waals surface area contributed by atoms with E-state index in [2.05, 4.69) is 0 Å². The van der Waals surface area contributed by atoms with E-state index >= 15 is 0 Å². The molecule has 5 atom stereocenters. The van der Waals surface area contributed by atoms with Gasteiger partial charge < -0.3 is 44.2 Å². The van der Waals surface area contributed by atoms with E-state index in [1.165, 1.54) is 13.2 Å². The highest BCUT2D eigenvalue weighted by molar-refractivity contribution is 5.91. The predicted molar refractivity (Wildman–Crippen MR) is 111 cm³/mol. The van der Waals surface area contributed by atoms with Gasteiger partial charge in [-0.2, -0.15) is 0 Å². The normalized spacial score (nSPS) is 25.6. The van der Waals surface area contributed by atoms with Gasteiger partial charge in [0.25, 0.3) is 0 Å². The molecular weight excluding hydrogens is 424 g/mol. The molecule has 32 heavy (non-hydrogen) atoms. The van der Waals surface area contributed by atoms with Gasteiger partial charge in [0.15, 0.2) is 16.8 Å². The van der Waals surface area contributed by atoms with Gasteiger partial charge >= 0.3 is 0 Å². The second-order valence-electron chi connectivity index (χ2n) is 7.29. The Morgan fingerprint density at radius 3 is 2.41 bits per heavy atom. The lowest BCUT2D eigenvalue weighted by Crippen LogP contribution is -2.60. The number of ether oxygens (including phenoxy) is 3. The van der Waals surface area contributed by atoms with Crippen LogP contribution in [0.15, 0.2) is 51.7 Å². The van der Waals surface area contributed by atoms with Gasteiger partial charge in [-0.3, -0.25) is 4.79 Å². The quantitative estimate of drug-likeness (QED) is 0.370. The molecule has 0 bridgehead atoms. The number of methoxy groups -OCH3 is 1. The van der Waals surface area contributed by atoms with Crippen molar-refractivity contribution in [1.29, 1.82) is 0 Å². The standard InChI is InChI=1S/C22H22O10/c1-29-20-14(31-22-19(28)18(27)17(26)15(9-23)32-22)8-12(25)16-11(24)7-13(30-21(16)20)10-5-3-2-4-6-10/h2-8,15,17-19,22-23,25-28H,9H2,1H3/t15-,17-,18+,19-,22+/m1/s1. The monoisotopic (exact) mass is 446 g/mol. The number of rotatable bonds is 5. The van der Waals surface area contributed by atoms with Crippen LogP contribution in [0.4, 0.5) is 0 Å². The Balaban J connectivity index is 1.81. The van der Waals surface area contributed by atoms with E-state index < -0.39 is 48.5 Å². The van der Waals surface area contributed by atoms with Crippen molar-refractivity contribution in [2.75, 3.05) is 13.7 Å². The van der Waals surface area contributed by atoms with Crippen molar-refractivity contribution in [3.8, 4) is 28.6 Å². The van der Waals surface area contributed by atoms with E-state index in [-0.39, 0.29) is 28.2 Å². The summed E-state index contributed by atoms with van der Waals surface area (Å²) in [5.74, 6) is -0.459. The third-order valence-corrected chi connectivity index (χ3v) is 5.26. The lowest BCUT2D eigenvalue weighted by molar-refractivity contribution is -0.277. The van der Waals surface area contributed by atoms with Crippen LogP contribution in [0.5, 0.6) is 17.2 Å². The number of hydrogen-bond donors (Lipinski definition) is 5. The van der Waals surface area contributed by atoms with Crippen molar-refractivity contribution in [3.63, 3.8) is 0 Å². The summed E-state index contributed by atoms with van der Waals surface area (Å²) in [6.07, 6.45) is -7.62. The van der Waals surface area contributed by atoms with E-state index in [1.807, 2.05) is 6.07 Å². The van der Waals surface area contributed by atoms with Crippen molar-refractivity contribution < 1.29 is 44.2 Å². The van der Waals surface area contributed by atoms with Crippen LogP contribution in [0.1, 0.15) is 0 Å². The van der Waals surface area contributed by atoms with E-state index in [0.29, 0.717) is 5.56 Å². The number of phenolic OH excluding ortho intramolecular Hbond substituents is 1. The van der Waals surface area contributed by atoms with Crippen molar-refractivity contribution in [3.05, 3.63) is 52.7 Å². The number of aliphatic hydroxyl groups excluding tert-OH is 4. The van der Waals surface area contributed by atoms with Crippen LogP contribution in [0.25, 0.3) is 22.3 Å². The molecule has 10 heteroatoms. The van der Waals surface area contributed by atoms with Crippen LogP contribution in [0, 0.1) is 0 Å². The second-order valence-corrected chi connectivity index (χ2v) is 7.29. The Labute approximate surface area is 181 Å². The molecule has 0 aliphatic carbocycles. The molecule has 10 nitrogen and oxygen atoms in total. The predicted octanol–water partition coefficient (Wildman–Crippen LogP) is 0.353. The molecule has 0 radical (unpaired) electrons. The topological polar surface area (TPSA) is 159 Å². The van der Waals surface area contributed by atoms with Gasteiger partial charge in [-0.05, 0) is 0 Å². The zero-order valence-electron chi connectivity index (χ0n) is 16.9. The first-order chi connectivity index (χ1) is 15.3. The van der Waals surface area contributed by atoms with Gasteiger partial charge in [0, 0.05) is 17.7 Å². The highest BCUT2D eigenvalue weighted by Crippen LogP contribution is 2.42. The first kappa shape index (κ1) is 22.1. The first-order valence-electron chi connectivity index (χ1n) is 9.76. The number of fused-ring (bicyclic) bond motifs is 1. The Morgan fingerprint density at radius 2 is 1.75 bits per heavy atom. The molecule has 170 valence electrons. The number of phenols is 1. The Hall–Kier alpha value is -3.15. The van der Waals surface area contributed by atoms with E-state index in [1.54, 1.807) is 24.3 Å². The van der Waals surface area contributed by atoms with E-state index in [4.69, 9.17) is 18.6 Å². The van der Waals surface area contributed by atoms with Crippen LogP contribution < -0.4 is 14.9 Å². The van der Waals surface area contributed by atoms with Crippen LogP contribution in [-0.2, 0) is 4.74 Å². The maximum absolute atomic E-state index is 12.7. The molecule has 0 amide bonds. The summed E-state index contributed by atoms with van der Waals surface area (Å²) in [7, 11) is 1.29. The van der Waals surface area contributed by atoms with Gasteiger partial charge in [0.2, 0.25) is 12.0 Å². The molecule has 4 rings (SSSR count). The smallest absolute Gasteiger partial charge is 0.229 e. The molecule has 1 aliphatic heterocycles. The number of aliphatic hydroxyl groups is 4. The Kier molecular flexibility index (Phi) is 6.04. The Bertz CT molecular complexity index is 1160. The summed E-state index contributed by atoms with van der Waals surface area (Å²) >= 11 is 0. The maximum atomic E-state index is 12.7. The van der Waals surface area contributed by atoms with Crippen LogP contribution in [0.2, 0.25) is 0 Å². The average Bonchev–Trinajstić information content (AvgIpc) is 2.79. The molecule has 1 saturated heterocycles. The highest BCUT2D eigenvalue weighted by Gasteiger charge is 2.45. The van der Waals surface area contributed by atoms with Crippen molar-refractivity contribution >= 4 is 11.0 Å². The third-order valence-electron chi connectivity index (χ3n) is 5.26. The van der Waals surface area contributed by atoms with Gasteiger partial charge in [0.05, 0.1) is 13.7 Å². The summed E-state index contributed by atoms with van der Waals surface area (Å²) < 4.78 is 22.2. The lowest BCUT2D eigenvalue weighted by Gasteiger charge is -2.39. The van der Waals surface area contributed by atoms with Gasteiger partial charge in [-0.25, -0.2) is 0 Å². The zero-order valence-corrected chi connectivity index (χ0v) is 16.9. The molecule has 1 fully saturated rings. The molecule has 5 N–H and O–H groups in total. The van der Waals surface area contributed by atoms with Crippen molar-refractivity contribution in [2.24, 2.45) is 0 Å². The number of benzene rings is 2. The first-order valence-corrected chi connectivity index (χ1v) is 9.76. The SMILES string of the molecule is COc1c(O[C@H]2O[C@H](CO)[C@@H](O)[C@H](O)[C@H]2O)cc(O)c2c(=O)cc(-c3ccccc3)oc12. The minimum atomic E-state index is -1.68. The maximum Gasteiger partial charge on any atom is 0.229 e. The minimum Gasteiger partial charge on any atom is -0.507 e. The highest BCUT2D eigenvalue weighted by atomic mass is 16.7. The second kappa shape index (κ2) is 8.77. The van der Waals surface area contributed by atoms with Gasteiger partial charge in [-0.15, -0.1) is 0 Å². The molecule has 0 spiro atoms. The average molecular weight is 446 g/mol. The summed E-state index contributed by atoms with van der Waals surface area (Å²) in [5, 5.41) is 49.9. The van der Waals surface area contributed by atoms with Crippen LogP contribution >= 0.6 is 0 Å². The van der Waals surface area contributed by atoms with Gasteiger partial charge in [-0.1, -0.05) is 30.3 Å². The lowest BCUT2D eigenvalue weighted by atomic mass is 9.99.